The van der Waals surface area contributed by atoms with Crippen molar-refractivity contribution in [1.29, 1.82) is 0 Å². The molecule has 1 N–H and O–H groups in total. The van der Waals surface area contributed by atoms with Crippen molar-refractivity contribution in [3.05, 3.63) is 39.3 Å². The van der Waals surface area contributed by atoms with E-state index in [1.54, 1.807) is 12.1 Å². The highest BCUT2D eigenvalue weighted by molar-refractivity contribution is 7.20. The largest absolute Gasteiger partial charge is 0.347 e. The number of thiophene rings is 1. The highest BCUT2D eigenvalue weighted by Crippen LogP contribution is 2.33. The second kappa shape index (κ2) is 5.58. The van der Waals surface area contributed by atoms with E-state index in [9.17, 15) is 14.9 Å². The standard InChI is InChI=1S/C16H17N3O3S/c20-16(17-12-9-18-6-4-10(12)5-7-18)15-8-11-13(19(21)22)2-1-3-14(11)23-15/h1-3,8,10,12H,4-7,9H2,(H,17,20)/t12-/m0/s1. The van der Waals surface area contributed by atoms with Gasteiger partial charge in [-0.05, 0) is 44.0 Å². The van der Waals surface area contributed by atoms with E-state index in [0.29, 0.717) is 16.2 Å². The maximum absolute atomic E-state index is 12.6. The van der Waals surface area contributed by atoms with Crippen LogP contribution in [0, 0.1) is 16.0 Å². The van der Waals surface area contributed by atoms with Crippen LogP contribution in [-0.2, 0) is 0 Å². The van der Waals surface area contributed by atoms with Gasteiger partial charge in [0.25, 0.3) is 11.6 Å². The molecular weight excluding hydrogens is 314 g/mol. The van der Waals surface area contributed by atoms with Crippen molar-refractivity contribution in [2.45, 2.75) is 18.9 Å². The van der Waals surface area contributed by atoms with E-state index in [1.165, 1.54) is 17.4 Å². The number of hydrogen-bond acceptors (Lipinski definition) is 5. The van der Waals surface area contributed by atoms with E-state index in [1.807, 2.05) is 6.07 Å². The van der Waals surface area contributed by atoms with Crippen molar-refractivity contribution in [3.8, 4) is 0 Å². The number of piperidine rings is 3. The topological polar surface area (TPSA) is 75.5 Å². The average molecular weight is 331 g/mol. The minimum Gasteiger partial charge on any atom is -0.347 e. The van der Waals surface area contributed by atoms with Crippen LogP contribution in [0.5, 0.6) is 0 Å². The van der Waals surface area contributed by atoms with E-state index < -0.39 is 4.92 Å². The molecule has 1 atom stereocenters. The Morgan fingerprint density at radius 1 is 1.35 bits per heavy atom. The summed E-state index contributed by atoms with van der Waals surface area (Å²) < 4.78 is 0.776. The van der Waals surface area contributed by atoms with E-state index in [0.717, 1.165) is 37.2 Å². The summed E-state index contributed by atoms with van der Waals surface area (Å²) in [5, 5.41) is 14.8. The van der Waals surface area contributed by atoms with Gasteiger partial charge in [0.05, 0.1) is 15.2 Å². The second-order valence-corrected chi connectivity index (χ2v) is 7.36. The molecular formula is C16H17N3O3S. The Labute approximate surface area is 137 Å². The number of amides is 1. The average Bonchev–Trinajstić information content (AvgIpc) is 3.00. The van der Waals surface area contributed by atoms with Crippen LogP contribution in [0.2, 0.25) is 0 Å². The van der Waals surface area contributed by atoms with E-state index in [2.05, 4.69) is 10.2 Å². The summed E-state index contributed by atoms with van der Waals surface area (Å²) in [7, 11) is 0. The van der Waals surface area contributed by atoms with Crippen LogP contribution in [0.4, 0.5) is 5.69 Å². The van der Waals surface area contributed by atoms with Gasteiger partial charge >= 0.3 is 0 Å². The highest BCUT2D eigenvalue weighted by atomic mass is 32.1. The molecule has 0 aliphatic carbocycles. The Bertz CT molecular complexity index is 780. The summed E-state index contributed by atoms with van der Waals surface area (Å²) >= 11 is 1.32. The summed E-state index contributed by atoms with van der Waals surface area (Å²) in [6, 6.07) is 6.80. The number of nitro groups is 1. The summed E-state index contributed by atoms with van der Waals surface area (Å²) in [6.45, 7) is 3.18. The van der Waals surface area contributed by atoms with Gasteiger partial charge in [0.1, 0.15) is 0 Å². The summed E-state index contributed by atoms with van der Waals surface area (Å²) in [4.78, 5) is 26.2. The Morgan fingerprint density at radius 3 is 2.78 bits per heavy atom. The lowest BCUT2D eigenvalue weighted by atomic mass is 9.84. The number of hydrogen-bond donors (Lipinski definition) is 1. The predicted octanol–water partition coefficient (Wildman–Crippen LogP) is 2.63. The molecule has 3 aliphatic heterocycles. The highest BCUT2D eigenvalue weighted by Gasteiger charge is 2.35. The van der Waals surface area contributed by atoms with Crippen LogP contribution in [0.1, 0.15) is 22.5 Å². The molecule has 2 aromatic rings. The fourth-order valence-electron chi connectivity index (χ4n) is 3.68. The number of nitrogens with one attached hydrogen (secondary N) is 1. The molecule has 23 heavy (non-hydrogen) atoms. The third kappa shape index (κ3) is 2.60. The lowest BCUT2D eigenvalue weighted by Gasteiger charge is -2.44. The Balaban J connectivity index is 1.58. The molecule has 3 saturated heterocycles. The molecule has 0 saturated carbocycles. The zero-order valence-corrected chi connectivity index (χ0v) is 13.3. The number of non-ortho nitro benzene ring substituents is 1. The van der Waals surface area contributed by atoms with E-state index in [-0.39, 0.29) is 17.6 Å². The SMILES string of the molecule is O=C(N[C@H]1CN2CCC1CC2)c1cc2c([N+](=O)[O-])cccc2s1. The second-order valence-electron chi connectivity index (χ2n) is 6.27. The van der Waals surface area contributed by atoms with Gasteiger partial charge in [0, 0.05) is 23.4 Å². The third-order valence-electron chi connectivity index (χ3n) is 4.93. The zero-order valence-electron chi connectivity index (χ0n) is 12.5. The summed E-state index contributed by atoms with van der Waals surface area (Å²) in [5.74, 6) is 0.451. The molecule has 1 aromatic heterocycles. The van der Waals surface area contributed by atoms with Gasteiger partial charge in [-0.3, -0.25) is 14.9 Å². The maximum atomic E-state index is 12.6. The minimum atomic E-state index is -0.399. The predicted molar refractivity (Wildman–Crippen MR) is 88.9 cm³/mol. The molecule has 0 radical (unpaired) electrons. The van der Waals surface area contributed by atoms with Crippen molar-refractivity contribution in [2.24, 2.45) is 5.92 Å². The van der Waals surface area contributed by atoms with Gasteiger partial charge in [-0.25, -0.2) is 0 Å². The van der Waals surface area contributed by atoms with Crippen LogP contribution in [0.25, 0.3) is 10.1 Å². The lowest BCUT2D eigenvalue weighted by molar-refractivity contribution is -0.383. The number of nitrogens with zero attached hydrogens (tertiary/aromatic N) is 2. The first-order valence-corrected chi connectivity index (χ1v) is 8.63. The minimum absolute atomic E-state index is 0.0561. The molecule has 1 aromatic carbocycles. The van der Waals surface area contributed by atoms with Gasteiger partial charge in [0.15, 0.2) is 0 Å². The first-order valence-electron chi connectivity index (χ1n) is 7.82. The molecule has 0 unspecified atom stereocenters. The van der Waals surface area contributed by atoms with Crippen molar-refractivity contribution < 1.29 is 9.72 Å². The normalized spacial score (nSPS) is 26.3. The van der Waals surface area contributed by atoms with Gasteiger partial charge in [0.2, 0.25) is 0 Å². The first kappa shape index (κ1) is 14.6. The zero-order chi connectivity index (χ0) is 16.0. The Kier molecular flexibility index (Phi) is 3.54. The molecule has 2 bridgehead atoms. The fourth-order valence-corrected chi connectivity index (χ4v) is 4.67. The quantitative estimate of drug-likeness (QED) is 0.693. The lowest BCUT2D eigenvalue weighted by Crippen LogP contribution is -2.57. The van der Waals surface area contributed by atoms with Crippen LogP contribution < -0.4 is 5.32 Å². The molecule has 3 aliphatic rings. The third-order valence-corrected chi connectivity index (χ3v) is 6.03. The smallest absolute Gasteiger partial charge is 0.278 e. The van der Waals surface area contributed by atoms with Crippen molar-refractivity contribution in [2.75, 3.05) is 19.6 Å². The summed E-state index contributed by atoms with van der Waals surface area (Å²) in [5.41, 5.74) is 0.0561. The Morgan fingerprint density at radius 2 is 2.13 bits per heavy atom. The van der Waals surface area contributed by atoms with Gasteiger partial charge < -0.3 is 10.2 Å². The van der Waals surface area contributed by atoms with Crippen LogP contribution >= 0.6 is 11.3 Å². The number of carbonyl (C=O) groups is 1. The van der Waals surface area contributed by atoms with E-state index in [4.69, 9.17) is 0 Å². The number of nitro benzene ring substituents is 1. The van der Waals surface area contributed by atoms with Crippen molar-refractivity contribution in [1.82, 2.24) is 10.2 Å². The molecule has 5 rings (SSSR count). The molecule has 120 valence electrons. The number of benzene rings is 1. The number of rotatable bonds is 3. The molecule has 7 heteroatoms. The Hall–Kier alpha value is -1.99. The molecule has 4 heterocycles. The first-order chi connectivity index (χ1) is 11.1. The van der Waals surface area contributed by atoms with Crippen molar-refractivity contribution >= 4 is 33.0 Å². The van der Waals surface area contributed by atoms with Gasteiger partial charge in [-0.1, -0.05) is 6.07 Å². The van der Waals surface area contributed by atoms with Crippen LogP contribution in [0.15, 0.2) is 24.3 Å². The maximum Gasteiger partial charge on any atom is 0.278 e. The van der Waals surface area contributed by atoms with Crippen LogP contribution in [0.3, 0.4) is 0 Å². The van der Waals surface area contributed by atoms with Gasteiger partial charge in [-0.2, -0.15) is 0 Å². The van der Waals surface area contributed by atoms with Crippen LogP contribution in [-0.4, -0.2) is 41.4 Å². The molecule has 3 fully saturated rings. The summed E-state index contributed by atoms with van der Waals surface area (Å²) in [6.07, 6.45) is 2.28. The molecule has 6 nitrogen and oxygen atoms in total. The van der Waals surface area contributed by atoms with Gasteiger partial charge in [-0.15, -0.1) is 11.3 Å². The van der Waals surface area contributed by atoms with Crippen molar-refractivity contribution in [3.63, 3.8) is 0 Å². The monoisotopic (exact) mass is 331 g/mol. The fraction of sp³-hybridized carbons (Fsp3) is 0.438. The van der Waals surface area contributed by atoms with E-state index >= 15 is 0 Å². The number of fused-ring (bicyclic) bond motifs is 4. The molecule has 1 amide bonds. The molecule has 0 spiro atoms. The number of carbonyl (C=O) groups excluding carboxylic acids is 1.